The van der Waals surface area contributed by atoms with Gasteiger partial charge in [-0.2, -0.15) is 4.31 Å². The number of tetrazole rings is 1. The quantitative estimate of drug-likeness (QED) is 0.622. The van der Waals surface area contributed by atoms with Crippen LogP contribution in [-0.4, -0.2) is 64.2 Å². The first kappa shape index (κ1) is 20.0. The lowest BCUT2D eigenvalue weighted by Crippen LogP contribution is -2.37. The molecule has 3 heterocycles. The van der Waals surface area contributed by atoms with Crippen LogP contribution in [0.25, 0.3) is 0 Å². The minimum atomic E-state index is -3.46. The zero-order valence-corrected chi connectivity index (χ0v) is 18.2. The third-order valence-corrected chi connectivity index (χ3v) is 8.67. The van der Waals surface area contributed by atoms with Crippen LogP contribution in [0.2, 0.25) is 0 Å². The summed E-state index contributed by atoms with van der Waals surface area (Å²) in [4.78, 5) is 15.0. The van der Waals surface area contributed by atoms with Crippen LogP contribution in [0, 0.1) is 0 Å². The van der Waals surface area contributed by atoms with Crippen molar-refractivity contribution in [1.29, 1.82) is 0 Å². The molecule has 9 nitrogen and oxygen atoms in total. The SMILES string of the molecule is O=C(CSc1nnnn1C1CC1)N1CCCc2cc(S(=O)(=O)N3CCCC3)ccc21. The molecule has 30 heavy (non-hydrogen) atoms. The molecule has 5 rings (SSSR count). The fraction of sp³-hybridized carbons (Fsp3) is 0.579. The number of sulfonamides is 1. The highest BCUT2D eigenvalue weighted by molar-refractivity contribution is 7.99. The van der Waals surface area contributed by atoms with Crippen LogP contribution in [0.3, 0.4) is 0 Å². The van der Waals surface area contributed by atoms with Crippen molar-refractivity contribution in [2.24, 2.45) is 0 Å². The van der Waals surface area contributed by atoms with Crippen molar-refractivity contribution in [3.63, 3.8) is 0 Å². The summed E-state index contributed by atoms with van der Waals surface area (Å²) in [6, 6.07) is 5.54. The summed E-state index contributed by atoms with van der Waals surface area (Å²) in [6.45, 7) is 1.81. The molecule has 1 saturated heterocycles. The molecule has 0 bridgehead atoms. The van der Waals surface area contributed by atoms with Crippen molar-refractivity contribution in [2.45, 2.75) is 54.6 Å². The fourth-order valence-corrected chi connectivity index (χ4v) is 6.49. The van der Waals surface area contributed by atoms with Crippen LogP contribution in [0.15, 0.2) is 28.3 Å². The first-order valence-corrected chi connectivity index (χ1v) is 12.8. The zero-order chi connectivity index (χ0) is 20.7. The Morgan fingerprint density at radius 2 is 1.93 bits per heavy atom. The lowest BCUT2D eigenvalue weighted by molar-refractivity contribution is -0.116. The highest BCUT2D eigenvalue weighted by Gasteiger charge is 2.31. The second-order valence-electron chi connectivity index (χ2n) is 7.98. The summed E-state index contributed by atoms with van der Waals surface area (Å²) in [7, 11) is -3.46. The average molecular weight is 449 g/mol. The molecule has 1 aliphatic carbocycles. The Bertz CT molecular complexity index is 1060. The van der Waals surface area contributed by atoms with Crippen molar-refractivity contribution in [3.05, 3.63) is 23.8 Å². The van der Waals surface area contributed by atoms with Gasteiger partial charge < -0.3 is 4.90 Å². The van der Waals surface area contributed by atoms with E-state index in [0.717, 1.165) is 49.8 Å². The van der Waals surface area contributed by atoms with Crippen molar-refractivity contribution in [1.82, 2.24) is 24.5 Å². The van der Waals surface area contributed by atoms with E-state index in [2.05, 4.69) is 15.5 Å². The number of hydrogen-bond donors (Lipinski definition) is 0. The van der Waals surface area contributed by atoms with Crippen LogP contribution >= 0.6 is 11.8 Å². The van der Waals surface area contributed by atoms with Gasteiger partial charge in [-0.25, -0.2) is 13.1 Å². The molecule has 2 fully saturated rings. The molecule has 1 aromatic carbocycles. The minimum Gasteiger partial charge on any atom is -0.311 e. The molecule has 11 heteroatoms. The Kier molecular flexibility index (Phi) is 5.28. The number of aryl methyl sites for hydroxylation is 1. The molecule has 1 aromatic heterocycles. The molecule has 0 radical (unpaired) electrons. The topological polar surface area (TPSA) is 101 Å². The lowest BCUT2D eigenvalue weighted by Gasteiger charge is -2.30. The molecule has 1 saturated carbocycles. The third kappa shape index (κ3) is 3.74. The van der Waals surface area contributed by atoms with Gasteiger partial charge in [-0.15, -0.1) is 5.10 Å². The molecule has 0 atom stereocenters. The predicted molar refractivity (Wildman–Crippen MR) is 112 cm³/mol. The van der Waals surface area contributed by atoms with E-state index in [1.807, 2.05) is 0 Å². The number of aromatic nitrogens is 4. The highest BCUT2D eigenvalue weighted by atomic mass is 32.2. The first-order valence-electron chi connectivity index (χ1n) is 10.4. The standard InChI is InChI=1S/C19H24N6O3S2/c26-18(13-29-19-20-21-22-25(19)15-5-6-15)24-11-3-4-14-12-16(7-8-17(14)24)30(27,28)23-9-1-2-10-23/h7-8,12,15H,1-6,9-11,13H2. The van der Waals surface area contributed by atoms with Gasteiger partial charge in [0.05, 0.1) is 16.7 Å². The van der Waals surface area contributed by atoms with E-state index in [1.165, 1.54) is 11.8 Å². The maximum absolute atomic E-state index is 12.9. The normalized spacial score (nSPS) is 19.8. The van der Waals surface area contributed by atoms with Gasteiger partial charge in [-0.05, 0) is 72.7 Å². The number of nitrogens with zero attached hydrogens (tertiary/aromatic N) is 6. The Hall–Kier alpha value is -1.98. The minimum absolute atomic E-state index is 0.0125. The molecule has 0 spiro atoms. The van der Waals surface area contributed by atoms with E-state index in [0.29, 0.717) is 35.7 Å². The van der Waals surface area contributed by atoms with Crippen molar-refractivity contribution in [3.8, 4) is 0 Å². The summed E-state index contributed by atoms with van der Waals surface area (Å²) < 4.78 is 29.1. The third-order valence-electron chi connectivity index (χ3n) is 5.85. The van der Waals surface area contributed by atoms with Gasteiger partial charge in [0.1, 0.15) is 0 Å². The molecule has 0 unspecified atom stereocenters. The number of carbonyl (C=O) groups excluding carboxylic acids is 1. The van der Waals surface area contributed by atoms with Crippen LogP contribution in [0.5, 0.6) is 0 Å². The molecule has 160 valence electrons. The van der Waals surface area contributed by atoms with Crippen LogP contribution in [0.1, 0.15) is 43.7 Å². The molecular weight excluding hydrogens is 424 g/mol. The van der Waals surface area contributed by atoms with Gasteiger partial charge in [0.25, 0.3) is 0 Å². The van der Waals surface area contributed by atoms with Crippen molar-refractivity contribution >= 4 is 33.4 Å². The maximum Gasteiger partial charge on any atom is 0.243 e. The Labute approximate surface area is 179 Å². The second-order valence-corrected chi connectivity index (χ2v) is 10.9. The number of anilines is 1. The molecule has 2 aromatic rings. The number of carbonyl (C=O) groups is 1. The van der Waals surface area contributed by atoms with E-state index in [4.69, 9.17) is 0 Å². The Morgan fingerprint density at radius 1 is 1.13 bits per heavy atom. The van der Waals surface area contributed by atoms with E-state index < -0.39 is 10.0 Å². The number of thioether (sulfide) groups is 1. The molecular formula is C19H24N6O3S2. The van der Waals surface area contributed by atoms with E-state index in [1.54, 1.807) is 32.1 Å². The predicted octanol–water partition coefficient (Wildman–Crippen LogP) is 1.86. The molecule has 1 amide bonds. The van der Waals surface area contributed by atoms with Gasteiger partial charge in [0.15, 0.2) is 0 Å². The smallest absolute Gasteiger partial charge is 0.243 e. The summed E-state index contributed by atoms with van der Waals surface area (Å²) in [6.07, 6.45) is 5.57. The number of hydrogen-bond acceptors (Lipinski definition) is 7. The summed E-state index contributed by atoms with van der Waals surface area (Å²) in [5.74, 6) is 0.238. The van der Waals surface area contributed by atoms with E-state index in [-0.39, 0.29) is 11.7 Å². The fourth-order valence-electron chi connectivity index (χ4n) is 4.10. The van der Waals surface area contributed by atoms with Crippen LogP contribution in [-0.2, 0) is 21.2 Å². The molecule has 3 aliphatic rings. The van der Waals surface area contributed by atoms with Crippen molar-refractivity contribution < 1.29 is 13.2 Å². The average Bonchev–Trinajstić information content (AvgIpc) is 3.24. The first-order chi connectivity index (χ1) is 14.5. The second kappa shape index (κ2) is 7.93. The van der Waals surface area contributed by atoms with Gasteiger partial charge >= 0.3 is 0 Å². The largest absolute Gasteiger partial charge is 0.311 e. The van der Waals surface area contributed by atoms with E-state index >= 15 is 0 Å². The van der Waals surface area contributed by atoms with Gasteiger partial charge in [0, 0.05) is 25.3 Å². The van der Waals surface area contributed by atoms with Crippen LogP contribution in [0.4, 0.5) is 5.69 Å². The number of rotatable bonds is 6. The van der Waals surface area contributed by atoms with E-state index in [9.17, 15) is 13.2 Å². The number of amides is 1. The zero-order valence-electron chi connectivity index (χ0n) is 16.6. The van der Waals surface area contributed by atoms with Crippen molar-refractivity contribution in [2.75, 3.05) is 30.3 Å². The summed E-state index contributed by atoms with van der Waals surface area (Å²) in [5.41, 5.74) is 1.73. The van der Waals surface area contributed by atoms with Gasteiger partial charge in [0.2, 0.25) is 21.1 Å². The van der Waals surface area contributed by atoms with Gasteiger partial charge in [-0.1, -0.05) is 11.8 Å². The number of fused-ring (bicyclic) bond motifs is 1. The summed E-state index contributed by atoms with van der Waals surface area (Å²) in [5, 5.41) is 12.5. The maximum atomic E-state index is 12.9. The summed E-state index contributed by atoms with van der Waals surface area (Å²) >= 11 is 1.36. The molecule has 0 N–H and O–H groups in total. The number of benzene rings is 1. The Balaban J connectivity index is 1.32. The van der Waals surface area contributed by atoms with Gasteiger partial charge in [-0.3, -0.25) is 4.79 Å². The van der Waals surface area contributed by atoms with Crippen LogP contribution < -0.4 is 4.90 Å². The molecule has 2 aliphatic heterocycles. The Morgan fingerprint density at radius 3 is 2.70 bits per heavy atom. The lowest BCUT2D eigenvalue weighted by atomic mass is 10.0. The monoisotopic (exact) mass is 448 g/mol. The highest BCUT2D eigenvalue weighted by Crippen LogP contribution is 2.37.